The molecule has 0 atom stereocenters. The van der Waals surface area contributed by atoms with E-state index in [1.54, 1.807) is 0 Å². The maximum absolute atomic E-state index is 4.16. The molecule has 1 N–H and O–H groups in total. The Bertz CT molecular complexity index is 751. The summed E-state index contributed by atoms with van der Waals surface area (Å²) >= 11 is 7.05. The number of nitrogens with one attached hydrogen (secondary N) is 1. The van der Waals surface area contributed by atoms with Gasteiger partial charge in [0.25, 0.3) is 0 Å². The molecule has 0 aliphatic rings. The van der Waals surface area contributed by atoms with Crippen LogP contribution in [0.2, 0.25) is 0 Å². The standard InChI is InChI=1S/C16H12Br2N2/c17-13-4-5-15(18)16(8-13)20-10-12-3-1-2-11-9-19-7-6-14(11)12/h1-9,20H,10H2. The Hall–Kier alpha value is -1.39. The fraction of sp³-hybridized carbons (Fsp3) is 0.0625. The van der Waals surface area contributed by atoms with Gasteiger partial charge < -0.3 is 5.32 Å². The normalized spacial score (nSPS) is 10.7. The third kappa shape index (κ3) is 2.86. The van der Waals surface area contributed by atoms with E-state index in [4.69, 9.17) is 0 Å². The van der Waals surface area contributed by atoms with Gasteiger partial charge in [-0.25, -0.2) is 0 Å². The van der Waals surface area contributed by atoms with Gasteiger partial charge in [0.2, 0.25) is 0 Å². The zero-order valence-electron chi connectivity index (χ0n) is 10.6. The quantitative estimate of drug-likeness (QED) is 0.648. The van der Waals surface area contributed by atoms with Crippen LogP contribution in [-0.4, -0.2) is 4.98 Å². The van der Waals surface area contributed by atoms with E-state index in [2.05, 4.69) is 72.5 Å². The minimum atomic E-state index is 0.774. The number of nitrogens with zero attached hydrogens (tertiary/aromatic N) is 1. The highest BCUT2D eigenvalue weighted by molar-refractivity contribution is 9.11. The molecule has 0 fully saturated rings. The summed E-state index contributed by atoms with van der Waals surface area (Å²) in [4.78, 5) is 4.16. The van der Waals surface area contributed by atoms with E-state index in [9.17, 15) is 0 Å². The number of anilines is 1. The van der Waals surface area contributed by atoms with E-state index in [1.807, 2.05) is 24.5 Å². The van der Waals surface area contributed by atoms with Crippen LogP contribution in [0.1, 0.15) is 5.56 Å². The molecule has 3 rings (SSSR count). The number of benzene rings is 2. The van der Waals surface area contributed by atoms with Crippen LogP contribution in [0.15, 0.2) is 63.8 Å². The van der Waals surface area contributed by atoms with E-state index >= 15 is 0 Å². The summed E-state index contributed by atoms with van der Waals surface area (Å²) in [6.45, 7) is 0.774. The number of aromatic nitrogens is 1. The second kappa shape index (κ2) is 5.94. The van der Waals surface area contributed by atoms with Gasteiger partial charge in [-0.15, -0.1) is 0 Å². The van der Waals surface area contributed by atoms with Crippen molar-refractivity contribution < 1.29 is 0 Å². The third-order valence-electron chi connectivity index (χ3n) is 3.17. The molecule has 2 nitrogen and oxygen atoms in total. The van der Waals surface area contributed by atoms with Crippen molar-refractivity contribution in [3.05, 3.63) is 69.4 Å². The van der Waals surface area contributed by atoms with E-state index in [1.165, 1.54) is 16.3 Å². The van der Waals surface area contributed by atoms with E-state index in [0.717, 1.165) is 21.2 Å². The fourth-order valence-electron chi connectivity index (χ4n) is 2.17. The lowest BCUT2D eigenvalue weighted by Gasteiger charge is -2.11. The van der Waals surface area contributed by atoms with Crippen LogP contribution in [0.5, 0.6) is 0 Å². The van der Waals surface area contributed by atoms with Gasteiger partial charge in [0, 0.05) is 39.0 Å². The van der Waals surface area contributed by atoms with Crippen molar-refractivity contribution in [3.8, 4) is 0 Å². The SMILES string of the molecule is Brc1ccc(Br)c(NCc2cccc3cnccc23)c1. The van der Waals surface area contributed by atoms with Crippen LogP contribution in [0.25, 0.3) is 10.8 Å². The van der Waals surface area contributed by atoms with Gasteiger partial charge in [0.15, 0.2) is 0 Å². The molecule has 0 saturated heterocycles. The number of hydrogen-bond donors (Lipinski definition) is 1. The van der Waals surface area contributed by atoms with Gasteiger partial charge in [-0.05, 0) is 51.1 Å². The van der Waals surface area contributed by atoms with Crippen molar-refractivity contribution >= 4 is 48.3 Å². The summed E-state index contributed by atoms with van der Waals surface area (Å²) in [5, 5.41) is 5.87. The van der Waals surface area contributed by atoms with Crippen molar-refractivity contribution in [1.82, 2.24) is 4.98 Å². The Balaban J connectivity index is 1.89. The number of halogens is 2. The number of rotatable bonds is 3. The minimum Gasteiger partial charge on any atom is -0.380 e. The average Bonchev–Trinajstić information content (AvgIpc) is 2.48. The molecule has 3 aromatic rings. The first kappa shape index (κ1) is 13.6. The molecule has 0 spiro atoms. The molecule has 100 valence electrons. The lowest BCUT2D eigenvalue weighted by Crippen LogP contribution is -2.00. The topological polar surface area (TPSA) is 24.9 Å². The van der Waals surface area contributed by atoms with Gasteiger partial charge in [-0.2, -0.15) is 0 Å². The second-order valence-corrected chi connectivity index (χ2v) is 6.26. The first-order valence-electron chi connectivity index (χ1n) is 6.24. The highest BCUT2D eigenvalue weighted by Crippen LogP contribution is 2.27. The summed E-state index contributed by atoms with van der Waals surface area (Å²) in [5.74, 6) is 0. The van der Waals surface area contributed by atoms with Gasteiger partial charge in [-0.1, -0.05) is 34.1 Å². The zero-order valence-corrected chi connectivity index (χ0v) is 13.8. The van der Waals surface area contributed by atoms with Crippen LogP contribution in [0.4, 0.5) is 5.69 Å². The molecule has 0 saturated carbocycles. The average molecular weight is 392 g/mol. The molecule has 0 aliphatic heterocycles. The number of pyridine rings is 1. The van der Waals surface area contributed by atoms with Crippen molar-refractivity contribution in [2.24, 2.45) is 0 Å². The van der Waals surface area contributed by atoms with Crippen LogP contribution >= 0.6 is 31.9 Å². The zero-order chi connectivity index (χ0) is 13.9. The Morgan fingerprint density at radius 2 is 1.95 bits per heavy atom. The monoisotopic (exact) mass is 390 g/mol. The van der Waals surface area contributed by atoms with Crippen molar-refractivity contribution in [2.75, 3.05) is 5.32 Å². The Morgan fingerprint density at radius 1 is 1.05 bits per heavy atom. The highest BCUT2D eigenvalue weighted by Gasteiger charge is 2.03. The maximum Gasteiger partial charge on any atom is 0.0498 e. The van der Waals surface area contributed by atoms with Gasteiger partial charge >= 0.3 is 0 Å². The van der Waals surface area contributed by atoms with Crippen LogP contribution in [0, 0.1) is 0 Å². The summed E-state index contributed by atoms with van der Waals surface area (Å²) in [5.41, 5.74) is 2.34. The van der Waals surface area contributed by atoms with Crippen LogP contribution in [0.3, 0.4) is 0 Å². The summed E-state index contributed by atoms with van der Waals surface area (Å²) in [6, 6.07) is 14.5. The molecule has 0 unspecified atom stereocenters. The fourth-order valence-corrected chi connectivity index (χ4v) is 2.92. The first-order chi connectivity index (χ1) is 9.74. The summed E-state index contributed by atoms with van der Waals surface area (Å²) < 4.78 is 2.12. The largest absolute Gasteiger partial charge is 0.380 e. The summed E-state index contributed by atoms with van der Waals surface area (Å²) in [6.07, 6.45) is 3.73. The minimum absolute atomic E-state index is 0.774. The highest BCUT2D eigenvalue weighted by atomic mass is 79.9. The van der Waals surface area contributed by atoms with Crippen LogP contribution < -0.4 is 5.32 Å². The Morgan fingerprint density at radius 3 is 2.85 bits per heavy atom. The van der Waals surface area contributed by atoms with E-state index in [0.29, 0.717) is 0 Å². The van der Waals surface area contributed by atoms with Crippen molar-refractivity contribution in [3.63, 3.8) is 0 Å². The third-order valence-corrected chi connectivity index (χ3v) is 4.35. The molecule has 0 radical (unpaired) electrons. The second-order valence-electron chi connectivity index (χ2n) is 4.49. The van der Waals surface area contributed by atoms with Crippen molar-refractivity contribution in [1.29, 1.82) is 0 Å². The molecule has 0 amide bonds. The first-order valence-corrected chi connectivity index (χ1v) is 7.83. The predicted octanol–water partition coefficient (Wildman–Crippen LogP) is 5.37. The van der Waals surface area contributed by atoms with Gasteiger partial charge in [0.1, 0.15) is 0 Å². The lowest BCUT2D eigenvalue weighted by atomic mass is 10.1. The Kier molecular flexibility index (Phi) is 4.03. The number of fused-ring (bicyclic) bond motifs is 1. The van der Waals surface area contributed by atoms with Crippen molar-refractivity contribution in [2.45, 2.75) is 6.54 Å². The molecular formula is C16H12Br2N2. The molecule has 4 heteroatoms. The molecular weight excluding hydrogens is 380 g/mol. The molecule has 1 heterocycles. The van der Waals surface area contributed by atoms with Gasteiger partial charge in [0.05, 0.1) is 0 Å². The predicted molar refractivity (Wildman–Crippen MR) is 90.9 cm³/mol. The molecule has 0 aliphatic carbocycles. The lowest BCUT2D eigenvalue weighted by molar-refractivity contribution is 1.16. The molecule has 2 aromatic carbocycles. The molecule has 1 aromatic heterocycles. The van der Waals surface area contributed by atoms with E-state index in [-0.39, 0.29) is 0 Å². The van der Waals surface area contributed by atoms with Crippen LogP contribution in [-0.2, 0) is 6.54 Å². The maximum atomic E-state index is 4.16. The molecule has 20 heavy (non-hydrogen) atoms. The van der Waals surface area contributed by atoms with Gasteiger partial charge in [-0.3, -0.25) is 4.98 Å². The smallest absolute Gasteiger partial charge is 0.0498 e. The summed E-state index contributed by atoms with van der Waals surface area (Å²) in [7, 11) is 0. The van der Waals surface area contributed by atoms with E-state index < -0.39 is 0 Å². The Labute approximate surface area is 134 Å². The molecule has 0 bridgehead atoms. The number of hydrogen-bond acceptors (Lipinski definition) is 2.